The third kappa shape index (κ3) is 3.03. The molecule has 1 aliphatic heterocycles. The minimum absolute atomic E-state index is 0.296. The molecule has 0 aromatic carbocycles. The normalized spacial score (nSPS) is 22.2. The quantitative estimate of drug-likeness (QED) is 0.868. The van der Waals surface area contributed by atoms with Crippen LogP contribution < -0.4 is 5.73 Å². The summed E-state index contributed by atoms with van der Waals surface area (Å²) in [5, 5.41) is 0. The first-order chi connectivity index (χ1) is 7.66. The highest BCUT2D eigenvalue weighted by Crippen LogP contribution is 2.26. The molecule has 1 unspecified atom stereocenters. The van der Waals surface area contributed by atoms with Crippen molar-refractivity contribution in [3.05, 3.63) is 20.8 Å². The molecule has 2 nitrogen and oxygen atoms in total. The Morgan fingerprint density at radius 1 is 1.56 bits per heavy atom. The third-order valence-electron chi connectivity index (χ3n) is 2.93. The van der Waals surface area contributed by atoms with Crippen molar-refractivity contribution in [3.63, 3.8) is 0 Å². The lowest BCUT2D eigenvalue weighted by Gasteiger charge is -2.34. The van der Waals surface area contributed by atoms with Gasteiger partial charge in [0.05, 0.1) is 14.8 Å². The smallest absolute Gasteiger partial charge is 0.0902 e. The van der Waals surface area contributed by atoms with Crippen LogP contribution in [0.3, 0.4) is 0 Å². The predicted molar refractivity (Wildman–Crippen MR) is 76.9 cm³/mol. The molecule has 1 fully saturated rings. The summed E-state index contributed by atoms with van der Waals surface area (Å²) in [6.07, 6.45) is 3.61. The summed E-state index contributed by atoms with van der Waals surface area (Å²) in [5.74, 6) is 0. The SMILES string of the molecule is NC(=S)C1CCCCN1Cc1ccc(Br)s1. The van der Waals surface area contributed by atoms with Crippen molar-refractivity contribution in [2.75, 3.05) is 6.54 Å². The maximum atomic E-state index is 5.80. The Balaban J connectivity index is 2.03. The average molecular weight is 319 g/mol. The van der Waals surface area contributed by atoms with Crippen molar-refractivity contribution in [2.45, 2.75) is 31.8 Å². The molecule has 16 heavy (non-hydrogen) atoms. The van der Waals surface area contributed by atoms with Crippen molar-refractivity contribution in [1.29, 1.82) is 0 Å². The van der Waals surface area contributed by atoms with Gasteiger partial charge in [-0.3, -0.25) is 4.90 Å². The van der Waals surface area contributed by atoms with Gasteiger partial charge in [0.1, 0.15) is 0 Å². The zero-order chi connectivity index (χ0) is 11.5. The summed E-state index contributed by atoms with van der Waals surface area (Å²) in [7, 11) is 0. The van der Waals surface area contributed by atoms with Gasteiger partial charge in [-0.1, -0.05) is 18.6 Å². The number of likely N-dealkylation sites (tertiary alicyclic amines) is 1. The molecule has 1 atom stereocenters. The van der Waals surface area contributed by atoms with E-state index in [1.807, 2.05) is 0 Å². The first-order valence-electron chi connectivity index (χ1n) is 5.44. The summed E-state index contributed by atoms with van der Waals surface area (Å²) in [6.45, 7) is 2.08. The molecule has 1 saturated heterocycles. The lowest BCUT2D eigenvalue weighted by atomic mass is 10.0. The second kappa shape index (κ2) is 5.58. The fraction of sp³-hybridized carbons (Fsp3) is 0.545. The average Bonchev–Trinajstić information content (AvgIpc) is 2.64. The molecule has 2 rings (SSSR count). The van der Waals surface area contributed by atoms with Crippen molar-refractivity contribution in [3.8, 4) is 0 Å². The molecule has 0 aliphatic carbocycles. The van der Waals surface area contributed by atoms with E-state index in [0.717, 1.165) is 19.5 Å². The van der Waals surface area contributed by atoms with Crippen molar-refractivity contribution >= 4 is 44.5 Å². The van der Waals surface area contributed by atoms with E-state index in [-0.39, 0.29) is 0 Å². The third-order valence-corrected chi connectivity index (χ3v) is 4.81. The van der Waals surface area contributed by atoms with Crippen LogP contribution in [0.2, 0.25) is 0 Å². The number of hydrogen-bond acceptors (Lipinski definition) is 3. The van der Waals surface area contributed by atoms with Crippen LogP contribution in [0.5, 0.6) is 0 Å². The van der Waals surface area contributed by atoms with Crippen LogP contribution in [-0.2, 0) is 6.54 Å². The van der Waals surface area contributed by atoms with Crippen molar-refractivity contribution < 1.29 is 0 Å². The van der Waals surface area contributed by atoms with E-state index < -0.39 is 0 Å². The largest absolute Gasteiger partial charge is 0.392 e. The standard InChI is InChI=1S/C11H15BrN2S2/c12-10-5-4-8(16-10)7-14-6-2-1-3-9(14)11(13)15/h4-5,9H,1-3,6-7H2,(H2,13,15). The molecular weight excluding hydrogens is 304 g/mol. The molecule has 1 aliphatic rings. The van der Waals surface area contributed by atoms with E-state index in [1.54, 1.807) is 11.3 Å². The Bertz CT molecular complexity index is 378. The van der Waals surface area contributed by atoms with E-state index in [0.29, 0.717) is 11.0 Å². The van der Waals surface area contributed by atoms with Crippen LogP contribution in [0.1, 0.15) is 24.1 Å². The van der Waals surface area contributed by atoms with E-state index in [2.05, 4.69) is 33.0 Å². The lowest BCUT2D eigenvalue weighted by Crippen LogP contribution is -2.46. The van der Waals surface area contributed by atoms with Gasteiger partial charge in [-0.05, 0) is 47.4 Å². The number of nitrogens with two attached hydrogens (primary N) is 1. The summed E-state index contributed by atoms with van der Waals surface area (Å²) < 4.78 is 1.19. The van der Waals surface area contributed by atoms with Crippen LogP contribution in [-0.4, -0.2) is 22.5 Å². The minimum Gasteiger partial charge on any atom is -0.392 e. The Morgan fingerprint density at radius 2 is 2.38 bits per heavy atom. The van der Waals surface area contributed by atoms with E-state index in [4.69, 9.17) is 18.0 Å². The molecule has 0 bridgehead atoms. The first kappa shape index (κ1) is 12.5. The second-order valence-corrected chi connectivity index (χ2v) is 7.11. The van der Waals surface area contributed by atoms with Crippen molar-refractivity contribution in [1.82, 2.24) is 4.90 Å². The Labute approximate surface area is 114 Å². The van der Waals surface area contributed by atoms with Gasteiger partial charge in [0.15, 0.2) is 0 Å². The molecule has 2 heterocycles. The van der Waals surface area contributed by atoms with Crippen LogP contribution in [0, 0.1) is 0 Å². The highest BCUT2D eigenvalue weighted by atomic mass is 79.9. The molecule has 1 aromatic heterocycles. The minimum atomic E-state index is 0.296. The number of nitrogens with zero attached hydrogens (tertiary/aromatic N) is 1. The van der Waals surface area contributed by atoms with E-state index >= 15 is 0 Å². The molecule has 0 amide bonds. The van der Waals surface area contributed by atoms with Gasteiger partial charge in [0.2, 0.25) is 0 Å². The fourth-order valence-electron chi connectivity index (χ4n) is 2.14. The van der Waals surface area contributed by atoms with Crippen LogP contribution in [0.15, 0.2) is 15.9 Å². The van der Waals surface area contributed by atoms with Gasteiger partial charge < -0.3 is 5.73 Å². The predicted octanol–water partition coefficient (Wildman–Crippen LogP) is 3.15. The number of thiocarbonyl (C=S) groups is 1. The molecule has 88 valence electrons. The van der Waals surface area contributed by atoms with Crippen LogP contribution >= 0.6 is 39.5 Å². The van der Waals surface area contributed by atoms with Crippen LogP contribution in [0.4, 0.5) is 0 Å². The molecular formula is C11H15BrN2S2. The first-order valence-corrected chi connectivity index (χ1v) is 7.46. The van der Waals surface area contributed by atoms with Gasteiger partial charge in [0.25, 0.3) is 0 Å². The molecule has 2 N–H and O–H groups in total. The van der Waals surface area contributed by atoms with E-state index in [1.165, 1.54) is 21.5 Å². The monoisotopic (exact) mass is 318 g/mol. The maximum Gasteiger partial charge on any atom is 0.0902 e. The number of piperidine rings is 1. The summed E-state index contributed by atoms with van der Waals surface area (Å²) in [4.78, 5) is 4.43. The fourth-order valence-corrected chi connectivity index (χ4v) is 3.92. The van der Waals surface area contributed by atoms with Crippen LogP contribution in [0.25, 0.3) is 0 Å². The van der Waals surface area contributed by atoms with Gasteiger partial charge >= 0.3 is 0 Å². The highest BCUT2D eigenvalue weighted by Gasteiger charge is 2.24. The molecule has 5 heteroatoms. The Hall–Kier alpha value is 0.0300. The number of thiophene rings is 1. The molecule has 0 radical (unpaired) electrons. The van der Waals surface area contributed by atoms with Gasteiger partial charge in [-0.2, -0.15) is 0 Å². The summed E-state index contributed by atoms with van der Waals surface area (Å²) in [5.41, 5.74) is 5.80. The number of halogens is 1. The van der Waals surface area contributed by atoms with Crippen molar-refractivity contribution in [2.24, 2.45) is 5.73 Å². The van der Waals surface area contributed by atoms with Gasteiger partial charge in [-0.15, -0.1) is 11.3 Å². The number of hydrogen-bond donors (Lipinski definition) is 1. The zero-order valence-electron chi connectivity index (χ0n) is 8.99. The summed E-state index contributed by atoms with van der Waals surface area (Å²) >= 11 is 10.4. The molecule has 0 spiro atoms. The highest BCUT2D eigenvalue weighted by molar-refractivity contribution is 9.11. The summed E-state index contributed by atoms with van der Waals surface area (Å²) in [6, 6.07) is 4.56. The van der Waals surface area contributed by atoms with E-state index in [9.17, 15) is 0 Å². The second-order valence-electron chi connectivity index (χ2n) is 4.09. The Kier molecular flexibility index (Phi) is 4.35. The van der Waals surface area contributed by atoms with Gasteiger partial charge in [-0.25, -0.2) is 0 Å². The Morgan fingerprint density at radius 3 is 3.00 bits per heavy atom. The number of rotatable bonds is 3. The molecule has 1 aromatic rings. The zero-order valence-corrected chi connectivity index (χ0v) is 12.2. The molecule has 0 saturated carbocycles. The topological polar surface area (TPSA) is 29.3 Å². The van der Waals surface area contributed by atoms with Gasteiger partial charge in [0, 0.05) is 11.4 Å². The maximum absolute atomic E-state index is 5.80. The lowest BCUT2D eigenvalue weighted by molar-refractivity contribution is 0.186.